The van der Waals surface area contributed by atoms with Crippen LogP contribution in [0.2, 0.25) is 0 Å². The first-order valence-corrected chi connectivity index (χ1v) is 14.6. The molecule has 6 rings (SSSR count). The van der Waals surface area contributed by atoms with Gasteiger partial charge in [-0.2, -0.15) is 0 Å². The summed E-state index contributed by atoms with van der Waals surface area (Å²) < 4.78 is 3.28. The Morgan fingerprint density at radius 1 is 1.00 bits per heavy atom. The quantitative estimate of drug-likeness (QED) is 0.399. The first-order valence-electron chi connectivity index (χ1n) is 14.6. The van der Waals surface area contributed by atoms with Gasteiger partial charge in [0.25, 0.3) is 11.5 Å². The number of rotatable bonds is 5. The SMILES string of the molecule is Cc1cccc(C(=O)N2CC[C@@H](C(=O)N3CCC(O)(Cn4cnc5c(ccn5C)c4=O)CC3)[C@H](c3ccccc3)C2)c1. The maximum Gasteiger partial charge on any atom is 0.262 e. The van der Waals surface area contributed by atoms with Gasteiger partial charge in [0, 0.05) is 56.8 Å². The maximum atomic E-state index is 14.0. The number of aliphatic hydroxyl groups is 1. The van der Waals surface area contributed by atoms with Crippen molar-refractivity contribution in [2.24, 2.45) is 13.0 Å². The molecule has 42 heavy (non-hydrogen) atoms. The van der Waals surface area contributed by atoms with Gasteiger partial charge in [-0.05, 0) is 49.9 Å². The summed E-state index contributed by atoms with van der Waals surface area (Å²) in [7, 11) is 1.84. The van der Waals surface area contributed by atoms with Crippen molar-refractivity contribution >= 4 is 22.8 Å². The second-order valence-electron chi connectivity index (χ2n) is 11.9. The third-order valence-corrected chi connectivity index (χ3v) is 9.03. The van der Waals surface area contributed by atoms with E-state index < -0.39 is 5.60 Å². The lowest BCUT2D eigenvalue weighted by molar-refractivity contribution is -0.142. The predicted molar refractivity (Wildman–Crippen MR) is 160 cm³/mol. The molecule has 0 aliphatic carbocycles. The van der Waals surface area contributed by atoms with Gasteiger partial charge in [-0.3, -0.25) is 19.0 Å². The summed E-state index contributed by atoms with van der Waals surface area (Å²) in [4.78, 5) is 48.5. The first kappa shape index (κ1) is 27.9. The lowest BCUT2D eigenvalue weighted by atomic mass is 9.79. The highest BCUT2D eigenvalue weighted by Crippen LogP contribution is 2.36. The highest BCUT2D eigenvalue weighted by atomic mass is 16.3. The number of aryl methyl sites for hydroxylation is 2. The third-order valence-electron chi connectivity index (χ3n) is 9.03. The van der Waals surface area contributed by atoms with Gasteiger partial charge in [-0.25, -0.2) is 4.98 Å². The second kappa shape index (κ2) is 11.2. The van der Waals surface area contributed by atoms with Crippen LogP contribution < -0.4 is 5.56 Å². The Bertz CT molecular complexity index is 1670. The van der Waals surface area contributed by atoms with E-state index in [0.717, 1.165) is 11.1 Å². The van der Waals surface area contributed by atoms with Crippen LogP contribution >= 0.6 is 0 Å². The zero-order valence-corrected chi connectivity index (χ0v) is 24.1. The maximum absolute atomic E-state index is 14.0. The zero-order valence-electron chi connectivity index (χ0n) is 24.1. The van der Waals surface area contributed by atoms with E-state index in [0.29, 0.717) is 62.0 Å². The van der Waals surface area contributed by atoms with Crippen LogP contribution in [-0.4, -0.2) is 72.6 Å². The number of carbonyl (C=O) groups is 2. The molecule has 9 nitrogen and oxygen atoms in total. The van der Waals surface area contributed by atoms with Gasteiger partial charge in [0.05, 0.1) is 17.5 Å². The summed E-state index contributed by atoms with van der Waals surface area (Å²) in [6.07, 6.45) is 4.62. The molecule has 2 atom stereocenters. The minimum absolute atomic E-state index is 0.00742. The summed E-state index contributed by atoms with van der Waals surface area (Å²) in [6.45, 7) is 3.93. The largest absolute Gasteiger partial charge is 0.388 e. The van der Waals surface area contributed by atoms with Crippen molar-refractivity contribution in [3.8, 4) is 0 Å². The minimum atomic E-state index is -1.10. The monoisotopic (exact) mass is 567 g/mol. The molecular formula is C33H37N5O4. The Morgan fingerprint density at radius 2 is 1.76 bits per heavy atom. The van der Waals surface area contributed by atoms with Crippen LogP contribution in [0.3, 0.4) is 0 Å². The highest BCUT2D eigenvalue weighted by molar-refractivity contribution is 5.94. The van der Waals surface area contributed by atoms with E-state index in [1.165, 1.54) is 10.9 Å². The molecule has 2 aliphatic heterocycles. The number of amides is 2. The molecule has 0 saturated carbocycles. The Balaban J connectivity index is 1.15. The van der Waals surface area contributed by atoms with Crippen LogP contribution in [-0.2, 0) is 18.4 Å². The van der Waals surface area contributed by atoms with Crippen molar-refractivity contribution in [3.63, 3.8) is 0 Å². The fourth-order valence-corrected chi connectivity index (χ4v) is 6.58. The molecular weight excluding hydrogens is 530 g/mol. The van der Waals surface area contributed by atoms with Crippen LogP contribution in [0.5, 0.6) is 0 Å². The molecule has 0 radical (unpaired) electrons. The van der Waals surface area contributed by atoms with Crippen LogP contribution in [0, 0.1) is 12.8 Å². The standard InChI is InChI=1S/C33H37N5O4/c1-23-7-6-10-25(19-23)30(39)37-16-12-26(28(20-37)24-8-4-3-5-9-24)31(40)36-17-13-33(42,14-18-36)21-38-22-34-29-27(32(38)41)11-15-35(29)2/h3-11,15,19,22,26,28,42H,12-14,16-18,20-21H2,1-2H3/t26-,28+/m1/s1. The van der Waals surface area contributed by atoms with Gasteiger partial charge < -0.3 is 19.5 Å². The van der Waals surface area contributed by atoms with E-state index >= 15 is 0 Å². The number of aromatic nitrogens is 3. The summed E-state index contributed by atoms with van der Waals surface area (Å²) in [6, 6.07) is 19.4. The molecule has 0 spiro atoms. The van der Waals surface area contributed by atoms with E-state index in [2.05, 4.69) is 4.98 Å². The molecule has 0 bridgehead atoms. The first-order chi connectivity index (χ1) is 20.2. The molecule has 0 unspecified atom stereocenters. The number of fused-ring (bicyclic) bond motifs is 1. The topological polar surface area (TPSA) is 101 Å². The number of carbonyl (C=O) groups excluding carboxylic acids is 2. The Kier molecular flexibility index (Phi) is 7.45. The normalized spacial score (nSPS) is 20.5. The van der Waals surface area contributed by atoms with Crippen LogP contribution in [0.15, 0.2) is 78.0 Å². The van der Waals surface area contributed by atoms with Gasteiger partial charge in [-0.1, -0.05) is 48.0 Å². The fraction of sp³-hybridized carbons (Fsp3) is 0.394. The summed E-state index contributed by atoms with van der Waals surface area (Å²) in [5, 5.41) is 11.9. The molecule has 2 aromatic heterocycles. The number of benzene rings is 2. The van der Waals surface area contributed by atoms with Gasteiger partial charge in [0.15, 0.2) is 0 Å². The van der Waals surface area contributed by atoms with Crippen molar-refractivity contribution in [2.75, 3.05) is 26.2 Å². The molecule has 2 aliphatic rings. The Morgan fingerprint density at radius 3 is 2.50 bits per heavy atom. The van der Waals surface area contributed by atoms with Crippen molar-refractivity contribution in [2.45, 2.75) is 44.2 Å². The molecule has 1 N–H and O–H groups in total. The molecule has 2 fully saturated rings. The number of hydrogen-bond acceptors (Lipinski definition) is 5. The average molecular weight is 568 g/mol. The van der Waals surface area contributed by atoms with Crippen molar-refractivity contribution < 1.29 is 14.7 Å². The molecule has 218 valence electrons. The smallest absolute Gasteiger partial charge is 0.262 e. The van der Waals surface area contributed by atoms with Gasteiger partial charge in [0.2, 0.25) is 5.91 Å². The molecule has 2 saturated heterocycles. The van der Waals surface area contributed by atoms with E-state index in [-0.39, 0.29) is 35.8 Å². The number of nitrogens with zero attached hydrogens (tertiary/aromatic N) is 5. The zero-order chi connectivity index (χ0) is 29.4. The molecule has 4 aromatic rings. The van der Waals surface area contributed by atoms with E-state index in [9.17, 15) is 19.5 Å². The fourth-order valence-electron chi connectivity index (χ4n) is 6.58. The van der Waals surface area contributed by atoms with E-state index in [1.807, 2.05) is 78.4 Å². The minimum Gasteiger partial charge on any atom is -0.388 e. The van der Waals surface area contributed by atoms with Crippen LogP contribution in [0.1, 0.15) is 46.7 Å². The number of hydrogen-bond donors (Lipinski definition) is 1. The molecule has 9 heteroatoms. The highest BCUT2D eigenvalue weighted by Gasteiger charge is 2.41. The molecule has 4 heterocycles. The average Bonchev–Trinajstić information content (AvgIpc) is 3.39. The summed E-state index contributed by atoms with van der Waals surface area (Å²) >= 11 is 0. The number of likely N-dealkylation sites (tertiary alicyclic amines) is 2. The Labute approximate surface area is 245 Å². The molecule has 2 amide bonds. The van der Waals surface area contributed by atoms with E-state index in [1.54, 1.807) is 16.8 Å². The van der Waals surface area contributed by atoms with Crippen molar-refractivity contribution in [3.05, 3.63) is 100 Å². The lowest BCUT2D eigenvalue weighted by Crippen LogP contribution is -2.53. The second-order valence-corrected chi connectivity index (χ2v) is 11.9. The van der Waals surface area contributed by atoms with Crippen molar-refractivity contribution in [1.82, 2.24) is 23.9 Å². The predicted octanol–water partition coefficient (Wildman–Crippen LogP) is 3.34. The van der Waals surface area contributed by atoms with Gasteiger partial charge >= 0.3 is 0 Å². The molecule has 2 aromatic carbocycles. The van der Waals surface area contributed by atoms with Gasteiger partial charge in [-0.15, -0.1) is 0 Å². The lowest BCUT2D eigenvalue weighted by Gasteiger charge is -2.43. The van der Waals surface area contributed by atoms with Crippen molar-refractivity contribution in [1.29, 1.82) is 0 Å². The van der Waals surface area contributed by atoms with Gasteiger partial charge in [0.1, 0.15) is 12.0 Å². The van der Waals surface area contributed by atoms with E-state index in [4.69, 9.17) is 0 Å². The van der Waals surface area contributed by atoms with Crippen LogP contribution in [0.4, 0.5) is 0 Å². The van der Waals surface area contributed by atoms with Crippen LogP contribution in [0.25, 0.3) is 11.0 Å². The summed E-state index contributed by atoms with van der Waals surface area (Å²) in [5.74, 6) is -0.318. The summed E-state index contributed by atoms with van der Waals surface area (Å²) in [5.41, 5.74) is 2.09. The third kappa shape index (κ3) is 5.36. The number of piperidine rings is 2. The Hall–Kier alpha value is -4.24.